The molecule has 0 amide bonds. The average Bonchev–Trinajstić information content (AvgIpc) is 2.80. The molecular formula is C16H29NO2. The van der Waals surface area contributed by atoms with Gasteiger partial charge in [-0.15, -0.1) is 0 Å². The standard InChI is InChI=1S/C16H29NO2/c1-15(2)11-16(7-8-18-15)12-17-10-14(19-16)9-13-5-3-4-6-13/h13-14,17H,3-12H2,1-2H3. The molecule has 3 heteroatoms. The molecule has 0 aromatic heterocycles. The number of hydrogen-bond donors (Lipinski definition) is 1. The van der Waals surface area contributed by atoms with Gasteiger partial charge in [-0.3, -0.25) is 0 Å². The normalized spacial score (nSPS) is 39.8. The van der Waals surface area contributed by atoms with Crippen molar-refractivity contribution in [3.05, 3.63) is 0 Å². The summed E-state index contributed by atoms with van der Waals surface area (Å²) < 4.78 is 12.4. The molecule has 1 saturated carbocycles. The number of morpholine rings is 1. The molecule has 1 aliphatic carbocycles. The highest BCUT2D eigenvalue weighted by Gasteiger charge is 2.45. The third-order valence-corrected chi connectivity index (χ3v) is 5.11. The van der Waals surface area contributed by atoms with Gasteiger partial charge in [0.25, 0.3) is 0 Å². The largest absolute Gasteiger partial charge is 0.375 e. The minimum atomic E-state index is -0.0326. The molecule has 19 heavy (non-hydrogen) atoms. The van der Waals surface area contributed by atoms with E-state index in [1.54, 1.807) is 0 Å². The molecule has 0 radical (unpaired) electrons. The van der Waals surface area contributed by atoms with Crippen LogP contribution in [0.25, 0.3) is 0 Å². The third kappa shape index (κ3) is 3.32. The van der Waals surface area contributed by atoms with Crippen LogP contribution in [-0.4, -0.2) is 37.0 Å². The van der Waals surface area contributed by atoms with E-state index in [4.69, 9.17) is 9.47 Å². The lowest BCUT2D eigenvalue weighted by Gasteiger charge is -2.49. The van der Waals surface area contributed by atoms with Crippen LogP contribution in [0.1, 0.15) is 58.8 Å². The van der Waals surface area contributed by atoms with Crippen LogP contribution in [0, 0.1) is 5.92 Å². The molecule has 2 aliphatic heterocycles. The van der Waals surface area contributed by atoms with Crippen molar-refractivity contribution >= 4 is 0 Å². The fourth-order valence-corrected chi connectivity index (χ4v) is 4.33. The van der Waals surface area contributed by atoms with E-state index < -0.39 is 0 Å². The van der Waals surface area contributed by atoms with Crippen molar-refractivity contribution in [1.82, 2.24) is 5.32 Å². The SMILES string of the molecule is CC1(C)CC2(CCO1)CNCC(CC1CCCC1)O2. The van der Waals surface area contributed by atoms with Gasteiger partial charge in [0.15, 0.2) is 0 Å². The van der Waals surface area contributed by atoms with Gasteiger partial charge in [0.1, 0.15) is 0 Å². The van der Waals surface area contributed by atoms with E-state index in [2.05, 4.69) is 19.2 Å². The molecule has 1 N–H and O–H groups in total. The Morgan fingerprint density at radius 2 is 2.00 bits per heavy atom. The van der Waals surface area contributed by atoms with Crippen molar-refractivity contribution in [2.45, 2.75) is 76.1 Å². The van der Waals surface area contributed by atoms with E-state index in [-0.39, 0.29) is 11.2 Å². The summed E-state index contributed by atoms with van der Waals surface area (Å²) in [6.07, 6.45) is 9.44. The monoisotopic (exact) mass is 267 g/mol. The summed E-state index contributed by atoms with van der Waals surface area (Å²) in [6.45, 7) is 7.26. The van der Waals surface area contributed by atoms with Gasteiger partial charge in [-0.25, -0.2) is 0 Å². The van der Waals surface area contributed by atoms with Gasteiger partial charge < -0.3 is 14.8 Å². The zero-order valence-corrected chi connectivity index (χ0v) is 12.5. The molecule has 3 fully saturated rings. The number of rotatable bonds is 2. The van der Waals surface area contributed by atoms with Crippen LogP contribution in [0.2, 0.25) is 0 Å². The van der Waals surface area contributed by atoms with Gasteiger partial charge in [-0.2, -0.15) is 0 Å². The van der Waals surface area contributed by atoms with Crippen LogP contribution in [0.3, 0.4) is 0 Å². The molecule has 1 spiro atoms. The topological polar surface area (TPSA) is 30.5 Å². The summed E-state index contributed by atoms with van der Waals surface area (Å²) >= 11 is 0. The second-order valence-corrected chi connectivity index (χ2v) is 7.47. The first-order chi connectivity index (χ1) is 9.07. The van der Waals surface area contributed by atoms with Gasteiger partial charge in [-0.1, -0.05) is 25.7 Å². The lowest BCUT2D eigenvalue weighted by molar-refractivity contribution is -0.202. The lowest BCUT2D eigenvalue weighted by atomic mass is 9.82. The highest BCUT2D eigenvalue weighted by atomic mass is 16.5. The fourth-order valence-electron chi connectivity index (χ4n) is 4.33. The molecule has 3 rings (SSSR count). The Hall–Kier alpha value is -0.120. The van der Waals surface area contributed by atoms with Crippen LogP contribution in [0.4, 0.5) is 0 Å². The number of ether oxygens (including phenoxy) is 2. The van der Waals surface area contributed by atoms with Crippen LogP contribution in [0.5, 0.6) is 0 Å². The summed E-state index contributed by atoms with van der Waals surface area (Å²) in [6, 6.07) is 0. The summed E-state index contributed by atoms with van der Waals surface area (Å²) in [5.41, 5.74) is -0.00154. The van der Waals surface area contributed by atoms with Crippen molar-refractivity contribution in [3.63, 3.8) is 0 Å². The number of hydrogen-bond acceptors (Lipinski definition) is 3. The van der Waals surface area contributed by atoms with E-state index in [9.17, 15) is 0 Å². The molecule has 2 heterocycles. The highest BCUT2D eigenvalue weighted by Crippen LogP contribution is 2.38. The zero-order valence-electron chi connectivity index (χ0n) is 12.5. The first kappa shape index (κ1) is 13.8. The van der Waals surface area contributed by atoms with E-state index in [0.29, 0.717) is 6.10 Å². The Labute approximate surface area is 117 Å². The maximum atomic E-state index is 6.57. The predicted molar refractivity (Wildman–Crippen MR) is 76.3 cm³/mol. The van der Waals surface area contributed by atoms with E-state index >= 15 is 0 Å². The van der Waals surface area contributed by atoms with Gasteiger partial charge in [0.05, 0.1) is 23.9 Å². The summed E-state index contributed by atoms with van der Waals surface area (Å²) in [7, 11) is 0. The average molecular weight is 267 g/mol. The maximum absolute atomic E-state index is 6.57. The van der Waals surface area contributed by atoms with Gasteiger partial charge in [0.2, 0.25) is 0 Å². The lowest BCUT2D eigenvalue weighted by Crippen LogP contribution is -2.59. The molecule has 2 saturated heterocycles. The Balaban J connectivity index is 1.60. The Morgan fingerprint density at radius 3 is 2.74 bits per heavy atom. The molecule has 2 atom stereocenters. The van der Waals surface area contributed by atoms with E-state index in [1.165, 1.54) is 32.1 Å². The summed E-state index contributed by atoms with van der Waals surface area (Å²) in [4.78, 5) is 0. The van der Waals surface area contributed by atoms with Crippen molar-refractivity contribution in [2.24, 2.45) is 5.92 Å². The molecule has 2 unspecified atom stereocenters. The molecular weight excluding hydrogens is 238 g/mol. The van der Waals surface area contributed by atoms with Crippen molar-refractivity contribution < 1.29 is 9.47 Å². The van der Waals surface area contributed by atoms with Crippen molar-refractivity contribution in [2.75, 3.05) is 19.7 Å². The third-order valence-electron chi connectivity index (χ3n) is 5.11. The Kier molecular flexibility index (Phi) is 3.89. The second-order valence-electron chi connectivity index (χ2n) is 7.47. The Bertz CT molecular complexity index is 308. The van der Waals surface area contributed by atoms with E-state index in [1.807, 2.05) is 0 Å². The number of nitrogens with one attached hydrogen (secondary N) is 1. The molecule has 110 valence electrons. The van der Waals surface area contributed by atoms with Crippen molar-refractivity contribution in [1.29, 1.82) is 0 Å². The molecule has 0 bridgehead atoms. The summed E-state index contributed by atoms with van der Waals surface area (Å²) in [5.74, 6) is 0.912. The quantitative estimate of drug-likeness (QED) is 0.834. The molecule has 3 nitrogen and oxygen atoms in total. The zero-order chi connectivity index (χ0) is 13.3. The smallest absolute Gasteiger partial charge is 0.0859 e. The molecule has 0 aromatic rings. The fraction of sp³-hybridized carbons (Fsp3) is 1.00. The second kappa shape index (κ2) is 5.34. The van der Waals surface area contributed by atoms with Gasteiger partial charge in [0, 0.05) is 25.9 Å². The van der Waals surface area contributed by atoms with Gasteiger partial charge in [-0.05, 0) is 26.2 Å². The summed E-state index contributed by atoms with van der Waals surface area (Å²) in [5, 5.41) is 3.63. The van der Waals surface area contributed by atoms with Crippen LogP contribution >= 0.6 is 0 Å². The van der Waals surface area contributed by atoms with E-state index in [0.717, 1.165) is 38.5 Å². The predicted octanol–water partition coefficient (Wildman–Crippen LogP) is 2.88. The molecule has 0 aromatic carbocycles. The first-order valence-corrected chi connectivity index (χ1v) is 8.10. The first-order valence-electron chi connectivity index (χ1n) is 8.10. The Morgan fingerprint density at radius 1 is 1.21 bits per heavy atom. The van der Waals surface area contributed by atoms with Crippen LogP contribution in [0.15, 0.2) is 0 Å². The minimum absolute atomic E-state index is 0.0310. The maximum Gasteiger partial charge on any atom is 0.0859 e. The van der Waals surface area contributed by atoms with Crippen LogP contribution in [-0.2, 0) is 9.47 Å². The molecule has 3 aliphatic rings. The van der Waals surface area contributed by atoms with Crippen LogP contribution < -0.4 is 5.32 Å². The van der Waals surface area contributed by atoms with Crippen molar-refractivity contribution in [3.8, 4) is 0 Å². The highest BCUT2D eigenvalue weighted by molar-refractivity contribution is 4.97. The minimum Gasteiger partial charge on any atom is -0.375 e. The van der Waals surface area contributed by atoms with Gasteiger partial charge >= 0.3 is 0 Å².